The maximum absolute atomic E-state index is 12.9. The van der Waals surface area contributed by atoms with Gasteiger partial charge in [0, 0.05) is 60.6 Å². The quantitative estimate of drug-likeness (QED) is 0.0321. The van der Waals surface area contributed by atoms with Crippen LogP contribution in [0.5, 0.6) is 17.2 Å². The van der Waals surface area contributed by atoms with E-state index in [-0.39, 0.29) is 34.0 Å². The van der Waals surface area contributed by atoms with Crippen LogP contribution in [0.4, 0.5) is 0 Å². The summed E-state index contributed by atoms with van der Waals surface area (Å²) in [7, 11) is 4.72. The fourth-order valence-corrected chi connectivity index (χ4v) is 11.6. The van der Waals surface area contributed by atoms with Gasteiger partial charge in [0.05, 0.1) is 50.3 Å². The number of rotatable bonds is 20. The number of oxime groups is 1. The molecule has 87 heavy (non-hydrogen) atoms. The number of pyridine rings is 1. The molecule has 0 bridgehead atoms. The van der Waals surface area contributed by atoms with Gasteiger partial charge in [-0.3, -0.25) is 24.2 Å². The van der Waals surface area contributed by atoms with E-state index < -0.39 is 0 Å². The highest BCUT2D eigenvalue weighted by Gasteiger charge is 2.39. The molecule has 10 rings (SSSR count). The van der Waals surface area contributed by atoms with Crippen molar-refractivity contribution in [1.82, 2.24) is 20.9 Å². The number of methoxy groups -OCH3 is 3. The molecule has 0 radical (unpaired) electrons. The highest BCUT2D eigenvalue weighted by molar-refractivity contribution is 5.98. The number of benzene rings is 6. The third-order valence-corrected chi connectivity index (χ3v) is 16.5. The number of nitrogens with one attached hydrogen (secondary N) is 3. The summed E-state index contributed by atoms with van der Waals surface area (Å²) in [6, 6.07) is 57.0. The summed E-state index contributed by atoms with van der Waals surface area (Å²) < 4.78 is 16.0. The van der Waals surface area contributed by atoms with Gasteiger partial charge in [-0.2, -0.15) is 0 Å². The minimum Gasteiger partial charge on any atom is -0.496 e. The fraction of sp³-hybridized carbons (Fsp3) is 0.306. The number of ketones is 1. The average molecular weight is 1180 g/mol. The Hall–Kier alpha value is -9.18. The second-order valence-electron chi connectivity index (χ2n) is 21.8. The van der Waals surface area contributed by atoms with E-state index in [1.54, 1.807) is 63.8 Å². The molecule has 7 aromatic rings. The Morgan fingerprint density at radius 1 is 0.506 bits per heavy atom. The molecule has 3 aliphatic carbocycles. The lowest BCUT2D eigenvalue weighted by molar-refractivity contribution is -0.121. The smallest absolute Gasteiger partial charge is 0.255 e. The molecule has 1 unspecified atom stereocenters. The second kappa shape index (κ2) is 33.5. The lowest BCUT2D eigenvalue weighted by atomic mass is 9.68. The molecule has 3 aliphatic rings. The molecule has 6 aromatic carbocycles. The average Bonchev–Trinajstić information content (AvgIpc) is 1.93. The van der Waals surface area contributed by atoms with Crippen LogP contribution in [0, 0.1) is 0 Å². The number of Topliss-reactive ketones (excluding diaryl/α,β-unsaturated/α-hetero) is 1. The highest BCUT2D eigenvalue weighted by atomic mass is 16.6. The van der Waals surface area contributed by atoms with Gasteiger partial charge < -0.3 is 39.8 Å². The van der Waals surface area contributed by atoms with Gasteiger partial charge in [-0.15, -0.1) is 6.58 Å². The molecule has 0 aliphatic heterocycles. The number of aromatic nitrogens is 1. The summed E-state index contributed by atoms with van der Waals surface area (Å²) >= 11 is 0. The standard InChI is InChI=1S/C24H28N2O3.C24H24N2O2.C21H23NO3.C3H7NO/c1-3-17-29-26-20-13-15-24(16-14-20,19-9-5-4-6-10-19)18-25-23(27)21-11-7-8-12-22(21)28-2;1-28-22-12-6-5-11-20(22)23(27)26-17-24(19-9-3-2-4-10-19)14-13-21-18(16-24)8-7-15-25-21;1-25-19-10-6-5-9-18(19)20(24)22-15-21(13-11-17(23)12-14-21)16-7-3-2-4-8-16;1-2-3-5-4/h3-12H,1,13-18H2,2H3,(H,25,27);2-12,15H,13-14,16-17H2,1H3,(H,26,27);2-10H,11-15H2,1H3,(H,22,24);2H,1,3-4H2. The van der Waals surface area contributed by atoms with Crippen molar-refractivity contribution in [3.8, 4) is 17.2 Å². The van der Waals surface area contributed by atoms with Crippen LogP contribution in [-0.4, -0.2) is 88.4 Å². The number of fused-ring (bicyclic) bond motifs is 1. The van der Waals surface area contributed by atoms with Crippen molar-refractivity contribution < 1.29 is 43.1 Å². The van der Waals surface area contributed by atoms with Crippen molar-refractivity contribution in [1.29, 1.82) is 0 Å². The van der Waals surface area contributed by atoms with E-state index in [0.29, 0.717) is 85.4 Å². The number of hydrogen-bond donors (Lipinski definition) is 4. The van der Waals surface area contributed by atoms with Crippen LogP contribution >= 0.6 is 0 Å². The molecule has 1 aromatic heterocycles. The zero-order valence-electron chi connectivity index (χ0n) is 50.3. The molecular weight excluding hydrogens is 1090 g/mol. The van der Waals surface area contributed by atoms with Gasteiger partial charge in [-0.05, 0) is 123 Å². The van der Waals surface area contributed by atoms with E-state index in [0.717, 1.165) is 63.5 Å². The largest absolute Gasteiger partial charge is 0.496 e. The number of carbonyl (C=O) groups excluding carboxylic acids is 4. The highest BCUT2D eigenvalue weighted by Crippen LogP contribution is 2.41. The van der Waals surface area contributed by atoms with Crippen LogP contribution in [-0.2, 0) is 43.6 Å². The number of carbonyl (C=O) groups is 4. The van der Waals surface area contributed by atoms with Gasteiger partial charge in [-0.25, -0.2) is 5.90 Å². The van der Waals surface area contributed by atoms with E-state index in [1.165, 1.54) is 27.9 Å². The summed E-state index contributed by atoms with van der Waals surface area (Å²) in [5.74, 6) is 6.23. The number of ether oxygens (including phenoxy) is 3. The molecule has 0 saturated heterocycles. The van der Waals surface area contributed by atoms with Crippen LogP contribution < -0.4 is 36.1 Å². The predicted octanol–water partition coefficient (Wildman–Crippen LogP) is 12.0. The molecular formula is C72H82N6O9. The first kappa shape index (κ1) is 65.4. The van der Waals surface area contributed by atoms with Gasteiger partial charge in [0.1, 0.15) is 29.6 Å². The van der Waals surface area contributed by atoms with E-state index in [9.17, 15) is 19.2 Å². The molecule has 3 amide bonds. The molecule has 15 heteroatoms. The summed E-state index contributed by atoms with van der Waals surface area (Å²) in [5, 5.41) is 13.6. The lowest BCUT2D eigenvalue weighted by Gasteiger charge is -2.38. The molecule has 454 valence electrons. The predicted molar refractivity (Wildman–Crippen MR) is 342 cm³/mol. The second-order valence-corrected chi connectivity index (χ2v) is 21.8. The first-order valence-corrected chi connectivity index (χ1v) is 29.5. The summed E-state index contributed by atoms with van der Waals surface area (Å²) in [6.45, 7) is 9.49. The Balaban J connectivity index is 0.000000180. The third kappa shape index (κ3) is 17.9. The minimum absolute atomic E-state index is 0.107. The van der Waals surface area contributed by atoms with Crippen LogP contribution in [0.2, 0.25) is 0 Å². The van der Waals surface area contributed by atoms with E-state index in [2.05, 4.69) is 117 Å². The Kier molecular flexibility index (Phi) is 25.2. The van der Waals surface area contributed by atoms with Crippen molar-refractivity contribution in [2.45, 2.75) is 86.9 Å². The first-order valence-electron chi connectivity index (χ1n) is 29.5. The van der Waals surface area contributed by atoms with Crippen molar-refractivity contribution >= 4 is 29.2 Å². The first-order chi connectivity index (χ1) is 42.5. The van der Waals surface area contributed by atoms with E-state index >= 15 is 0 Å². The number of amides is 3. The van der Waals surface area contributed by atoms with E-state index in [1.807, 2.05) is 85.1 Å². The van der Waals surface area contributed by atoms with Crippen molar-refractivity contribution in [2.75, 3.05) is 54.2 Å². The zero-order chi connectivity index (χ0) is 61.7. The van der Waals surface area contributed by atoms with Crippen molar-refractivity contribution in [3.05, 3.63) is 252 Å². The SMILES string of the molecule is C=CCON.C=CCON=C1CCC(CNC(=O)c2ccccc2OC)(c2ccccc2)CC1.COc1ccccc1C(=O)NCC1(c2ccccc2)CCC(=O)CC1.COc1ccccc1C(=O)NCC1(c2ccccc2)CCc2ncccc2C1. The van der Waals surface area contributed by atoms with Crippen LogP contribution in [0.15, 0.2) is 213 Å². The maximum atomic E-state index is 12.9. The number of hydrogen-bond acceptors (Lipinski definition) is 12. The summed E-state index contributed by atoms with van der Waals surface area (Å²) in [5.41, 5.74) is 8.36. The van der Waals surface area contributed by atoms with Gasteiger partial charge in [0.2, 0.25) is 0 Å². The van der Waals surface area contributed by atoms with Gasteiger partial charge >= 0.3 is 0 Å². The molecule has 1 heterocycles. The number of nitrogens with zero attached hydrogens (tertiary/aromatic N) is 2. The van der Waals surface area contributed by atoms with Crippen LogP contribution in [0.1, 0.15) is 117 Å². The Bertz CT molecular complexity index is 3360. The topological polar surface area (TPSA) is 202 Å². The zero-order valence-corrected chi connectivity index (χ0v) is 50.3. The monoisotopic (exact) mass is 1170 g/mol. The van der Waals surface area contributed by atoms with Crippen molar-refractivity contribution in [2.24, 2.45) is 11.1 Å². The van der Waals surface area contributed by atoms with Gasteiger partial charge in [-0.1, -0.05) is 157 Å². The third-order valence-electron chi connectivity index (χ3n) is 16.5. The van der Waals surface area contributed by atoms with Crippen LogP contribution in [0.3, 0.4) is 0 Å². The van der Waals surface area contributed by atoms with Gasteiger partial charge in [0.15, 0.2) is 0 Å². The Morgan fingerprint density at radius 2 is 0.885 bits per heavy atom. The van der Waals surface area contributed by atoms with E-state index in [4.69, 9.17) is 19.0 Å². The van der Waals surface area contributed by atoms with Crippen molar-refractivity contribution in [3.63, 3.8) is 0 Å². The number of aryl methyl sites for hydroxylation is 1. The Labute approximate surface area is 512 Å². The summed E-state index contributed by atoms with van der Waals surface area (Å²) in [6.07, 6.45) is 14.0. The van der Waals surface area contributed by atoms with Crippen LogP contribution in [0.25, 0.3) is 0 Å². The summed E-state index contributed by atoms with van der Waals surface area (Å²) in [4.78, 5) is 64.0. The number of para-hydroxylation sites is 3. The molecule has 2 fully saturated rings. The molecule has 1 atom stereocenters. The molecule has 15 nitrogen and oxygen atoms in total. The minimum atomic E-state index is -0.188. The normalized spacial score (nSPS) is 17.1. The molecule has 5 N–H and O–H groups in total. The fourth-order valence-electron chi connectivity index (χ4n) is 11.6. The Morgan fingerprint density at radius 3 is 1.29 bits per heavy atom. The number of nitrogens with two attached hydrogens (primary N) is 1. The lowest BCUT2D eigenvalue weighted by Crippen LogP contribution is -2.44. The van der Waals surface area contributed by atoms with Gasteiger partial charge in [0.25, 0.3) is 17.7 Å². The molecule has 2 saturated carbocycles. The molecule has 0 spiro atoms. The maximum Gasteiger partial charge on any atom is 0.255 e.